The van der Waals surface area contributed by atoms with Crippen LogP contribution in [0.4, 0.5) is 0 Å². The third-order valence-corrected chi connectivity index (χ3v) is 9.10. The Bertz CT molecular complexity index is 1620. The van der Waals surface area contributed by atoms with Gasteiger partial charge in [-0.1, -0.05) is 44.2 Å². The Balaban J connectivity index is 2.17. The first-order valence-corrected chi connectivity index (χ1v) is 19.0. The molecule has 0 bridgehead atoms. The average Bonchev–Trinajstić information content (AvgIpc) is 3.67. The van der Waals surface area contributed by atoms with Crippen molar-refractivity contribution in [3.63, 3.8) is 0 Å². The summed E-state index contributed by atoms with van der Waals surface area (Å²) in [7, 11) is 0. The third kappa shape index (κ3) is 16.6. The van der Waals surface area contributed by atoms with E-state index in [1.54, 1.807) is 26.0 Å². The fourth-order valence-corrected chi connectivity index (χ4v) is 6.04. The molecule has 2 rings (SSSR count). The van der Waals surface area contributed by atoms with Crippen molar-refractivity contribution in [2.24, 2.45) is 44.6 Å². The van der Waals surface area contributed by atoms with Gasteiger partial charge in [0.05, 0.1) is 19.2 Å². The number of rotatable bonds is 24. The molecule has 6 atom stereocenters. The highest BCUT2D eigenvalue weighted by Gasteiger charge is 2.38. The van der Waals surface area contributed by atoms with Crippen LogP contribution >= 0.6 is 0 Å². The van der Waals surface area contributed by atoms with Crippen LogP contribution in [0.1, 0.15) is 57.9 Å². The van der Waals surface area contributed by atoms with Crippen molar-refractivity contribution in [2.45, 2.75) is 95.0 Å². The van der Waals surface area contributed by atoms with Gasteiger partial charge in [0.15, 0.2) is 11.9 Å². The zero-order valence-electron chi connectivity index (χ0n) is 32.9. The Morgan fingerprint density at radius 1 is 0.793 bits per heavy atom. The highest BCUT2D eigenvalue weighted by Crippen LogP contribution is 2.18. The summed E-state index contributed by atoms with van der Waals surface area (Å²) in [6.07, 6.45) is 1.41. The predicted octanol–water partition coefficient (Wildman–Crippen LogP) is -4.56. The summed E-state index contributed by atoms with van der Waals surface area (Å²) in [5.41, 5.74) is 28.7. The molecule has 0 unspecified atom stereocenters. The molecule has 0 aromatic heterocycles. The predicted molar refractivity (Wildman–Crippen MR) is 213 cm³/mol. The van der Waals surface area contributed by atoms with Crippen molar-refractivity contribution in [1.29, 1.82) is 0 Å². The van der Waals surface area contributed by atoms with Crippen LogP contribution in [0.25, 0.3) is 0 Å². The minimum absolute atomic E-state index is 0.0131. The molecule has 22 nitrogen and oxygen atoms in total. The molecule has 0 spiro atoms. The number of aliphatic hydroxyl groups excluding tert-OH is 1. The number of benzene rings is 1. The minimum Gasteiger partial charge on any atom is -0.480 e. The number of guanidine groups is 2. The Morgan fingerprint density at radius 2 is 1.36 bits per heavy atom. The Hall–Kier alpha value is -6.03. The largest absolute Gasteiger partial charge is 0.480 e. The van der Waals surface area contributed by atoms with Crippen LogP contribution in [0.15, 0.2) is 40.3 Å². The highest BCUT2D eigenvalue weighted by atomic mass is 16.4. The summed E-state index contributed by atoms with van der Waals surface area (Å²) in [6, 6.07) is 1.88. The van der Waals surface area contributed by atoms with Gasteiger partial charge in [-0.25, -0.2) is 4.79 Å². The lowest BCUT2D eigenvalue weighted by molar-refractivity contribution is -0.149. The van der Waals surface area contributed by atoms with Crippen LogP contribution in [0, 0.1) is 5.92 Å². The highest BCUT2D eigenvalue weighted by molar-refractivity contribution is 5.96. The second-order valence-corrected chi connectivity index (χ2v) is 14.1. The van der Waals surface area contributed by atoms with Crippen molar-refractivity contribution in [2.75, 3.05) is 32.8 Å². The molecule has 1 aliphatic heterocycles. The molecule has 58 heavy (non-hydrogen) atoms. The van der Waals surface area contributed by atoms with E-state index in [9.17, 15) is 43.8 Å². The van der Waals surface area contributed by atoms with Gasteiger partial charge in [-0.3, -0.25) is 38.8 Å². The molecule has 0 aliphatic carbocycles. The first-order valence-electron chi connectivity index (χ1n) is 19.0. The molecule has 1 fully saturated rings. The van der Waals surface area contributed by atoms with Gasteiger partial charge in [0.2, 0.25) is 35.4 Å². The van der Waals surface area contributed by atoms with Crippen LogP contribution in [0.5, 0.6) is 0 Å². The quantitative estimate of drug-likeness (QED) is 0.0266. The summed E-state index contributed by atoms with van der Waals surface area (Å²) in [5, 5.41) is 31.9. The van der Waals surface area contributed by atoms with Crippen molar-refractivity contribution < 1.29 is 43.8 Å². The molecule has 22 heteroatoms. The monoisotopic (exact) mass is 817 g/mol. The molecule has 1 saturated heterocycles. The van der Waals surface area contributed by atoms with E-state index < -0.39 is 96.7 Å². The second-order valence-electron chi connectivity index (χ2n) is 14.1. The molecule has 1 aromatic rings. The van der Waals surface area contributed by atoms with E-state index in [-0.39, 0.29) is 70.1 Å². The molecular formula is C36H59N13O9. The maximum absolute atomic E-state index is 13.7. The standard InChI is InChI=1S/C36H59N13O9/c1-20(2)28(48-31(54)24(12-7-15-43-36(40)41)46-29(52)22(37)17-21-9-4-3-5-10-21)32(55)47-23(11-6-14-42-35(38)39)30(53)44-18-27(51)45-25(19-50)33(56)49-16-8-13-26(49)34(57)58/h3-5,9-10,20,22-26,28,50H,6-8,11-19,37H2,1-2H3,(H,44,53)(H,45,51)(H,46,52)(H,47,55)(H,48,54)(H,57,58)(H4,38,39,42)(H4,40,41,43)/t22-,23-,24-,25-,26-,28-/m0/s1. The summed E-state index contributed by atoms with van der Waals surface area (Å²) >= 11 is 0. The number of carboxylic acids is 1. The molecular weight excluding hydrogens is 758 g/mol. The maximum Gasteiger partial charge on any atom is 0.326 e. The summed E-state index contributed by atoms with van der Waals surface area (Å²) in [5.74, 6) is -6.62. The number of carbonyl (C=O) groups excluding carboxylic acids is 6. The van der Waals surface area contributed by atoms with E-state index in [1.807, 2.05) is 18.2 Å². The smallest absolute Gasteiger partial charge is 0.326 e. The summed E-state index contributed by atoms with van der Waals surface area (Å²) < 4.78 is 0. The van der Waals surface area contributed by atoms with Crippen LogP contribution < -0.4 is 55.3 Å². The van der Waals surface area contributed by atoms with E-state index in [4.69, 9.17) is 28.7 Å². The number of aliphatic imine (C=N–C) groups is 2. The zero-order valence-corrected chi connectivity index (χ0v) is 32.9. The summed E-state index contributed by atoms with van der Waals surface area (Å²) in [4.78, 5) is 100. The molecule has 1 heterocycles. The topological polar surface area (TPSA) is 378 Å². The van der Waals surface area contributed by atoms with Crippen molar-refractivity contribution in [3.8, 4) is 0 Å². The van der Waals surface area contributed by atoms with Gasteiger partial charge in [-0.05, 0) is 56.4 Å². The Kier molecular flexibility index (Phi) is 20.4. The number of carboxylic acid groups (broad SMARTS) is 1. The van der Waals surface area contributed by atoms with Gasteiger partial charge in [0, 0.05) is 19.6 Å². The molecule has 0 saturated carbocycles. The fraction of sp³-hybridized carbons (Fsp3) is 0.583. The number of amides is 6. The van der Waals surface area contributed by atoms with E-state index in [0.717, 1.165) is 10.5 Å². The zero-order chi connectivity index (χ0) is 43.4. The van der Waals surface area contributed by atoms with Gasteiger partial charge in [-0.15, -0.1) is 0 Å². The number of hydrogen-bond donors (Lipinski definition) is 12. The van der Waals surface area contributed by atoms with Gasteiger partial charge in [0.1, 0.15) is 30.2 Å². The number of aliphatic hydroxyl groups is 1. The maximum atomic E-state index is 13.7. The first-order chi connectivity index (χ1) is 27.4. The number of hydrogen-bond acceptors (Lipinski definition) is 11. The van der Waals surface area contributed by atoms with Crippen LogP contribution in [-0.4, -0.2) is 137 Å². The van der Waals surface area contributed by atoms with E-state index in [0.29, 0.717) is 6.42 Å². The normalized spacial score (nSPS) is 16.1. The van der Waals surface area contributed by atoms with Crippen LogP contribution in [-0.2, 0) is 40.0 Å². The van der Waals surface area contributed by atoms with Crippen molar-refractivity contribution in [3.05, 3.63) is 35.9 Å². The molecule has 322 valence electrons. The van der Waals surface area contributed by atoms with Gasteiger partial charge in [-0.2, -0.15) is 0 Å². The number of nitrogens with two attached hydrogens (primary N) is 5. The lowest BCUT2D eigenvalue weighted by Gasteiger charge is -2.28. The van der Waals surface area contributed by atoms with Crippen molar-refractivity contribution >= 4 is 53.3 Å². The first kappa shape index (κ1) is 48.1. The Morgan fingerprint density at radius 3 is 1.90 bits per heavy atom. The van der Waals surface area contributed by atoms with Gasteiger partial charge in [0.25, 0.3) is 0 Å². The van der Waals surface area contributed by atoms with Crippen LogP contribution in [0.3, 0.4) is 0 Å². The lowest BCUT2D eigenvalue weighted by atomic mass is 10.0. The lowest BCUT2D eigenvalue weighted by Crippen LogP contribution is -2.59. The van der Waals surface area contributed by atoms with Gasteiger partial charge >= 0.3 is 5.97 Å². The van der Waals surface area contributed by atoms with Gasteiger partial charge < -0.3 is 70.4 Å². The van der Waals surface area contributed by atoms with Crippen molar-refractivity contribution in [1.82, 2.24) is 31.5 Å². The van der Waals surface area contributed by atoms with Crippen LogP contribution in [0.2, 0.25) is 0 Å². The minimum atomic E-state index is -1.46. The molecule has 1 aliphatic rings. The number of carbonyl (C=O) groups is 7. The number of nitrogens with one attached hydrogen (secondary N) is 5. The van der Waals surface area contributed by atoms with E-state index >= 15 is 0 Å². The third-order valence-electron chi connectivity index (χ3n) is 9.10. The number of likely N-dealkylation sites (tertiary alicyclic amines) is 1. The molecule has 17 N–H and O–H groups in total. The number of aliphatic carboxylic acids is 1. The van der Waals surface area contributed by atoms with E-state index in [1.165, 1.54) is 0 Å². The molecule has 6 amide bonds. The number of nitrogens with zero attached hydrogens (tertiary/aromatic N) is 3. The average molecular weight is 818 g/mol. The second kappa shape index (κ2) is 24.6. The summed E-state index contributed by atoms with van der Waals surface area (Å²) in [6.45, 7) is 2.19. The van der Waals surface area contributed by atoms with E-state index in [2.05, 4.69) is 36.6 Å². The molecule has 1 aromatic carbocycles. The SMILES string of the molecule is CC(C)[C@H](NC(=O)[C@H](CCCN=C(N)N)NC(=O)[C@@H](N)Cc1ccccc1)C(=O)N[C@@H](CCCN=C(N)N)C(=O)NCC(=O)N[C@@H](CO)C(=O)N1CCC[C@H]1C(=O)O. The Labute approximate surface area is 336 Å². The molecule has 0 radical (unpaired) electrons. The fourth-order valence-electron chi connectivity index (χ4n) is 6.04.